The topological polar surface area (TPSA) is 49.5 Å². The molecular formula is C9H20N2O. The zero-order valence-corrected chi connectivity index (χ0v) is 8.08. The first-order valence-electron chi connectivity index (χ1n) is 4.69. The Hall–Kier alpha value is -0.120. The van der Waals surface area contributed by atoms with E-state index < -0.39 is 0 Å². The fourth-order valence-electron chi connectivity index (χ4n) is 1.98. The average molecular weight is 172 g/mol. The summed E-state index contributed by atoms with van der Waals surface area (Å²) >= 11 is 0. The monoisotopic (exact) mass is 172 g/mol. The molecule has 2 atom stereocenters. The lowest BCUT2D eigenvalue weighted by Crippen LogP contribution is -2.58. The standard InChI is InChI=1S/C9H20N2O/c1-8-3-5-11(2)9(10,7-8)4-6-12/h8,12H,3-7,10H2,1-2H3. The Morgan fingerprint density at radius 2 is 2.33 bits per heavy atom. The Kier molecular flexibility index (Phi) is 3.09. The highest BCUT2D eigenvalue weighted by Gasteiger charge is 2.34. The van der Waals surface area contributed by atoms with E-state index in [-0.39, 0.29) is 12.3 Å². The highest BCUT2D eigenvalue weighted by Crippen LogP contribution is 2.28. The quantitative estimate of drug-likeness (QED) is 0.633. The number of hydrogen-bond donors (Lipinski definition) is 2. The summed E-state index contributed by atoms with van der Waals surface area (Å²) in [6.45, 7) is 3.47. The van der Waals surface area contributed by atoms with E-state index >= 15 is 0 Å². The lowest BCUT2D eigenvalue weighted by Gasteiger charge is -2.44. The molecule has 3 N–H and O–H groups in total. The van der Waals surface area contributed by atoms with Crippen LogP contribution in [0.5, 0.6) is 0 Å². The maximum absolute atomic E-state index is 8.88. The lowest BCUT2D eigenvalue weighted by molar-refractivity contribution is 0.0303. The maximum atomic E-state index is 8.88. The van der Waals surface area contributed by atoms with Crippen molar-refractivity contribution in [2.45, 2.75) is 31.8 Å². The number of likely N-dealkylation sites (tertiary alicyclic amines) is 1. The summed E-state index contributed by atoms with van der Waals surface area (Å²) < 4.78 is 0. The van der Waals surface area contributed by atoms with Crippen LogP contribution in [0.1, 0.15) is 26.2 Å². The normalized spacial score (nSPS) is 38.5. The number of rotatable bonds is 2. The average Bonchev–Trinajstić information content (AvgIpc) is 1.98. The minimum absolute atomic E-state index is 0.188. The van der Waals surface area contributed by atoms with E-state index in [0.29, 0.717) is 12.3 Å². The Morgan fingerprint density at radius 1 is 1.67 bits per heavy atom. The highest BCUT2D eigenvalue weighted by molar-refractivity contribution is 4.88. The molecule has 0 bridgehead atoms. The maximum Gasteiger partial charge on any atom is 0.0709 e. The first-order chi connectivity index (χ1) is 5.58. The molecule has 0 aromatic rings. The third-order valence-electron chi connectivity index (χ3n) is 2.96. The molecule has 3 heteroatoms. The van der Waals surface area contributed by atoms with Crippen LogP contribution in [0.2, 0.25) is 0 Å². The first kappa shape index (κ1) is 9.96. The van der Waals surface area contributed by atoms with Crippen LogP contribution >= 0.6 is 0 Å². The van der Waals surface area contributed by atoms with Gasteiger partial charge in [-0.2, -0.15) is 0 Å². The summed E-state index contributed by atoms with van der Waals surface area (Å²) in [5, 5.41) is 8.88. The molecule has 2 unspecified atom stereocenters. The lowest BCUT2D eigenvalue weighted by atomic mass is 9.86. The SMILES string of the molecule is CC1CCN(C)C(N)(CCO)C1. The van der Waals surface area contributed by atoms with Gasteiger partial charge in [-0.1, -0.05) is 6.92 Å². The molecule has 72 valence electrons. The fourth-order valence-corrected chi connectivity index (χ4v) is 1.98. The van der Waals surface area contributed by atoms with Crippen molar-refractivity contribution >= 4 is 0 Å². The van der Waals surface area contributed by atoms with Crippen molar-refractivity contribution in [2.24, 2.45) is 11.7 Å². The molecule has 1 aliphatic heterocycles. The molecule has 0 amide bonds. The molecule has 3 nitrogen and oxygen atoms in total. The third-order valence-corrected chi connectivity index (χ3v) is 2.96. The molecular weight excluding hydrogens is 152 g/mol. The molecule has 0 radical (unpaired) electrons. The van der Waals surface area contributed by atoms with Crippen molar-refractivity contribution < 1.29 is 5.11 Å². The predicted octanol–water partition coefficient (Wildman–Crippen LogP) is 0.385. The largest absolute Gasteiger partial charge is 0.396 e. The summed E-state index contributed by atoms with van der Waals surface area (Å²) in [6, 6.07) is 0. The zero-order valence-electron chi connectivity index (χ0n) is 8.08. The molecule has 0 aromatic heterocycles. The van der Waals surface area contributed by atoms with Crippen LogP contribution in [-0.4, -0.2) is 35.9 Å². The zero-order chi connectivity index (χ0) is 9.19. The smallest absolute Gasteiger partial charge is 0.0709 e. The molecule has 1 heterocycles. The Bertz CT molecular complexity index is 151. The van der Waals surface area contributed by atoms with Crippen LogP contribution in [0.3, 0.4) is 0 Å². The Balaban J connectivity index is 2.57. The second kappa shape index (κ2) is 3.73. The van der Waals surface area contributed by atoms with Crippen molar-refractivity contribution in [1.82, 2.24) is 4.90 Å². The summed E-state index contributed by atoms with van der Waals surface area (Å²) in [6.07, 6.45) is 2.92. The van der Waals surface area contributed by atoms with Crippen LogP contribution in [0.25, 0.3) is 0 Å². The van der Waals surface area contributed by atoms with Gasteiger partial charge in [-0.15, -0.1) is 0 Å². The van der Waals surface area contributed by atoms with E-state index in [1.165, 1.54) is 6.42 Å². The van der Waals surface area contributed by atoms with Crippen molar-refractivity contribution in [3.05, 3.63) is 0 Å². The van der Waals surface area contributed by atoms with Gasteiger partial charge < -0.3 is 10.8 Å². The number of piperidine rings is 1. The van der Waals surface area contributed by atoms with E-state index in [2.05, 4.69) is 11.8 Å². The minimum Gasteiger partial charge on any atom is -0.396 e. The number of hydrogen-bond acceptors (Lipinski definition) is 3. The molecule has 0 aliphatic carbocycles. The third kappa shape index (κ3) is 1.97. The van der Waals surface area contributed by atoms with Gasteiger partial charge in [-0.3, -0.25) is 4.90 Å². The van der Waals surface area contributed by atoms with Crippen molar-refractivity contribution in [3.8, 4) is 0 Å². The summed E-state index contributed by atoms with van der Waals surface area (Å²) in [4.78, 5) is 2.17. The van der Waals surface area contributed by atoms with Gasteiger partial charge in [0.05, 0.1) is 5.66 Å². The number of nitrogens with two attached hydrogens (primary N) is 1. The molecule has 0 aromatic carbocycles. The fraction of sp³-hybridized carbons (Fsp3) is 1.00. The van der Waals surface area contributed by atoms with E-state index in [9.17, 15) is 0 Å². The van der Waals surface area contributed by atoms with Crippen molar-refractivity contribution in [1.29, 1.82) is 0 Å². The second-order valence-corrected chi connectivity index (χ2v) is 4.10. The Morgan fingerprint density at radius 3 is 2.92 bits per heavy atom. The summed E-state index contributed by atoms with van der Waals surface area (Å²) in [5.41, 5.74) is 5.91. The van der Waals surface area contributed by atoms with Crippen LogP contribution in [0, 0.1) is 5.92 Å². The molecule has 12 heavy (non-hydrogen) atoms. The first-order valence-corrected chi connectivity index (χ1v) is 4.69. The van der Waals surface area contributed by atoms with Gasteiger partial charge in [-0.25, -0.2) is 0 Å². The van der Waals surface area contributed by atoms with Crippen LogP contribution in [0.4, 0.5) is 0 Å². The Labute approximate surface area is 74.5 Å². The molecule has 1 saturated heterocycles. The number of aliphatic hydroxyl groups is 1. The van der Waals surface area contributed by atoms with Gasteiger partial charge in [0, 0.05) is 13.0 Å². The van der Waals surface area contributed by atoms with Crippen molar-refractivity contribution in [3.63, 3.8) is 0 Å². The molecule has 1 aliphatic rings. The van der Waals surface area contributed by atoms with E-state index in [4.69, 9.17) is 10.8 Å². The van der Waals surface area contributed by atoms with Crippen molar-refractivity contribution in [2.75, 3.05) is 20.2 Å². The highest BCUT2D eigenvalue weighted by atomic mass is 16.3. The van der Waals surface area contributed by atoms with Crippen LogP contribution in [0.15, 0.2) is 0 Å². The van der Waals surface area contributed by atoms with Gasteiger partial charge in [0.25, 0.3) is 0 Å². The molecule has 1 rings (SSSR count). The van der Waals surface area contributed by atoms with Crippen LogP contribution in [-0.2, 0) is 0 Å². The summed E-state index contributed by atoms with van der Waals surface area (Å²) in [5.74, 6) is 0.692. The number of aliphatic hydroxyl groups excluding tert-OH is 1. The van der Waals surface area contributed by atoms with E-state index in [1.54, 1.807) is 0 Å². The minimum atomic E-state index is -0.258. The molecule has 0 saturated carbocycles. The van der Waals surface area contributed by atoms with Gasteiger partial charge in [0.15, 0.2) is 0 Å². The molecule has 1 fully saturated rings. The molecule has 0 spiro atoms. The van der Waals surface area contributed by atoms with Crippen LogP contribution < -0.4 is 5.73 Å². The number of nitrogens with zero attached hydrogens (tertiary/aromatic N) is 1. The second-order valence-electron chi connectivity index (χ2n) is 4.10. The van der Waals surface area contributed by atoms with Gasteiger partial charge in [-0.05, 0) is 32.4 Å². The summed E-state index contributed by atoms with van der Waals surface area (Å²) in [7, 11) is 2.04. The van der Waals surface area contributed by atoms with E-state index in [0.717, 1.165) is 13.0 Å². The van der Waals surface area contributed by atoms with Gasteiger partial charge >= 0.3 is 0 Å². The predicted molar refractivity (Wildman–Crippen MR) is 49.6 cm³/mol. The van der Waals surface area contributed by atoms with E-state index in [1.807, 2.05) is 7.05 Å². The van der Waals surface area contributed by atoms with Gasteiger partial charge in [0.1, 0.15) is 0 Å². The van der Waals surface area contributed by atoms with Gasteiger partial charge in [0.2, 0.25) is 0 Å².